The van der Waals surface area contributed by atoms with Gasteiger partial charge in [-0.25, -0.2) is 0 Å². The Hall–Kier alpha value is -1.52. The number of hydrogen-bond acceptors (Lipinski definition) is 3. The Morgan fingerprint density at radius 1 is 1.31 bits per heavy atom. The molecule has 3 N–H and O–H groups in total. The molecule has 0 saturated carbocycles. The molecule has 0 unspecified atom stereocenters. The van der Waals surface area contributed by atoms with Gasteiger partial charge in [0.2, 0.25) is 0 Å². The molecular formula is C12H15NO3. The average molecular weight is 221 g/mol. The number of hydrogen-bond donors (Lipinski definition) is 3. The third-order valence-electron chi connectivity index (χ3n) is 2.72. The molecule has 4 heteroatoms. The molecule has 2 rings (SSSR count). The molecule has 0 spiro atoms. The van der Waals surface area contributed by atoms with Gasteiger partial charge in [0.15, 0.2) is 0 Å². The van der Waals surface area contributed by atoms with E-state index >= 15 is 0 Å². The monoisotopic (exact) mass is 221 g/mol. The van der Waals surface area contributed by atoms with Gasteiger partial charge in [-0.05, 0) is 30.2 Å². The third-order valence-corrected chi connectivity index (χ3v) is 2.72. The molecule has 0 amide bonds. The van der Waals surface area contributed by atoms with Gasteiger partial charge < -0.3 is 19.9 Å². The van der Waals surface area contributed by atoms with Gasteiger partial charge in [-0.2, -0.15) is 0 Å². The van der Waals surface area contributed by atoms with Gasteiger partial charge in [0.05, 0.1) is 13.7 Å². The summed E-state index contributed by atoms with van der Waals surface area (Å²) in [5, 5.41) is 19.2. The summed E-state index contributed by atoms with van der Waals surface area (Å²) in [5.41, 5.74) is 2.67. The van der Waals surface area contributed by atoms with Crippen molar-refractivity contribution >= 4 is 10.9 Å². The molecule has 1 heterocycles. The first-order valence-electron chi connectivity index (χ1n) is 5.19. The van der Waals surface area contributed by atoms with E-state index in [2.05, 4.69) is 4.98 Å². The number of rotatable bonds is 4. The van der Waals surface area contributed by atoms with Crippen molar-refractivity contribution in [3.63, 3.8) is 0 Å². The van der Waals surface area contributed by atoms with Gasteiger partial charge in [0, 0.05) is 23.2 Å². The van der Waals surface area contributed by atoms with Crippen molar-refractivity contribution in [2.75, 3.05) is 13.7 Å². The van der Waals surface area contributed by atoms with Crippen LogP contribution in [0.2, 0.25) is 0 Å². The molecule has 16 heavy (non-hydrogen) atoms. The summed E-state index contributed by atoms with van der Waals surface area (Å²) in [6, 6.07) is 5.69. The molecular weight excluding hydrogens is 206 g/mol. The van der Waals surface area contributed by atoms with Gasteiger partial charge in [0.1, 0.15) is 5.75 Å². The SMILES string of the molecule is COc1ccc2[nH]c(CO)c(CCO)c2c1. The Labute approximate surface area is 93.5 Å². The van der Waals surface area contributed by atoms with Crippen molar-refractivity contribution < 1.29 is 14.9 Å². The predicted octanol–water partition coefficient (Wildman–Crippen LogP) is 1.20. The Kier molecular flexibility index (Phi) is 3.12. The van der Waals surface area contributed by atoms with E-state index in [0.29, 0.717) is 6.42 Å². The molecule has 0 aliphatic rings. The predicted molar refractivity (Wildman–Crippen MR) is 61.6 cm³/mol. The van der Waals surface area contributed by atoms with E-state index < -0.39 is 0 Å². The summed E-state index contributed by atoms with van der Waals surface area (Å²) in [5.74, 6) is 0.773. The van der Waals surface area contributed by atoms with Crippen molar-refractivity contribution in [2.24, 2.45) is 0 Å². The number of aromatic nitrogens is 1. The smallest absolute Gasteiger partial charge is 0.119 e. The molecule has 0 bridgehead atoms. The summed E-state index contributed by atoms with van der Waals surface area (Å²) in [6.45, 7) is 0.0174. The fraction of sp³-hybridized carbons (Fsp3) is 0.333. The molecule has 1 aromatic heterocycles. The van der Waals surface area contributed by atoms with Crippen molar-refractivity contribution in [3.8, 4) is 5.75 Å². The number of aliphatic hydroxyl groups is 2. The molecule has 0 fully saturated rings. The molecule has 0 atom stereocenters. The normalized spacial score (nSPS) is 10.9. The fourth-order valence-corrected chi connectivity index (χ4v) is 1.94. The Morgan fingerprint density at radius 3 is 2.75 bits per heavy atom. The Morgan fingerprint density at radius 2 is 2.12 bits per heavy atom. The first kappa shape index (κ1) is 11.0. The van der Waals surface area contributed by atoms with Crippen molar-refractivity contribution in [1.82, 2.24) is 4.98 Å². The maximum absolute atomic E-state index is 9.23. The summed E-state index contributed by atoms with van der Waals surface area (Å²) in [4.78, 5) is 3.13. The van der Waals surface area contributed by atoms with Crippen LogP contribution >= 0.6 is 0 Å². The standard InChI is InChI=1S/C12H15NO3/c1-16-8-2-3-11-10(6-8)9(4-5-14)12(7-15)13-11/h2-3,6,13-15H,4-5,7H2,1H3. The quantitative estimate of drug-likeness (QED) is 0.727. The molecule has 0 aliphatic carbocycles. The van der Waals surface area contributed by atoms with Crippen LogP contribution in [-0.2, 0) is 13.0 Å². The second-order valence-corrected chi connectivity index (χ2v) is 3.63. The van der Waals surface area contributed by atoms with Crippen LogP contribution in [0.1, 0.15) is 11.3 Å². The van der Waals surface area contributed by atoms with Crippen molar-refractivity contribution in [1.29, 1.82) is 0 Å². The number of methoxy groups -OCH3 is 1. The minimum absolute atomic E-state index is 0.0493. The minimum Gasteiger partial charge on any atom is -0.497 e. The van der Waals surface area contributed by atoms with Crippen LogP contribution < -0.4 is 4.74 Å². The molecule has 0 aliphatic heterocycles. The van der Waals surface area contributed by atoms with Gasteiger partial charge in [-0.1, -0.05) is 0 Å². The van der Waals surface area contributed by atoms with Crippen LogP contribution in [-0.4, -0.2) is 28.9 Å². The molecule has 86 valence electrons. The highest BCUT2D eigenvalue weighted by Gasteiger charge is 2.10. The molecule has 1 aromatic carbocycles. The second-order valence-electron chi connectivity index (χ2n) is 3.63. The third kappa shape index (κ3) is 1.77. The highest BCUT2D eigenvalue weighted by Crippen LogP contribution is 2.27. The number of ether oxygens (including phenoxy) is 1. The Bertz CT molecular complexity index is 490. The highest BCUT2D eigenvalue weighted by atomic mass is 16.5. The zero-order chi connectivity index (χ0) is 11.5. The lowest BCUT2D eigenvalue weighted by molar-refractivity contribution is 0.272. The lowest BCUT2D eigenvalue weighted by Crippen LogP contribution is -1.95. The molecule has 0 radical (unpaired) electrons. The summed E-state index contributed by atoms with van der Waals surface area (Å²) >= 11 is 0. The van der Waals surface area contributed by atoms with Crippen molar-refractivity contribution in [3.05, 3.63) is 29.5 Å². The largest absolute Gasteiger partial charge is 0.497 e. The maximum Gasteiger partial charge on any atom is 0.119 e. The van der Waals surface area contributed by atoms with Gasteiger partial charge in [0.25, 0.3) is 0 Å². The second kappa shape index (κ2) is 4.55. The number of aromatic amines is 1. The Balaban J connectivity index is 2.60. The number of aliphatic hydroxyl groups excluding tert-OH is 2. The van der Waals surface area contributed by atoms with Crippen molar-refractivity contribution in [2.45, 2.75) is 13.0 Å². The van der Waals surface area contributed by atoms with E-state index in [1.807, 2.05) is 18.2 Å². The van der Waals surface area contributed by atoms with E-state index in [4.69, 9.17) is 9.84 Å². The summed E-state index contributed by atoms with van der Waals surface area (Å²) < 4.78 is 5.16. The van der Waals surface area contributed by atoms with Gasteiger partial charge in [-0.15, -0.1) is 0 Å². The van der Waals surface area contributed by atoms with E-state index in [0.717, 1.165) is 27.9 Å². The highest BCUT2D eigenvalue weighted by molar-refractivity contribution is 5.86. The fourth-order valence-electron chi connectivity index (χ4n) is 1.94. The van der Waals surface area contributed by atoms with Crippen LogP contribution in [0.5, 0.6) is 5.75 Å². The summed E-state index contributed by atoms with van der Waals surface area (Å²) in [7, 11) is 1.62. The first-order valence-corrected chi connectivity index (χ1v) is 5.19. The van der Waals surface area contributed by atoms with Crippen LogP contribution in [0, 0.1) is 0 Å². The van der Waals surface area contributed by atoms with E-state index in [-0.39, 0.29) is 13.2 Å². The van der Waals surface area contributed by atoms with Gasteiger partial charge >= 0.3 is 0 Å². The maximum atomic E-state index is 9.23. The molecule has 2 aromatic rings. The number of H-pyrrole nitrogens is 1. The van der Waals surface area contributed by atoms with E-state index in [1.165, 1.54) is 0 Å². The number of benzene rings is 1. The van der Waals surface area contributed by atoms with Crippen LogP contribution in [0.15, 0.2) is 18.2 Å². The van der Waals surface area contributed by atoms with Crippen LogP contribution in [0.25, 0.3) is 10.9 Å². The lowest BCUT2D eigenvalue weighted by atomic mass is 10.1. The summed E-state index contributed by atoms with van der Waals surface area (Å²) in [6.07, 6.45) is 0.531. The lowest BCUT2D eigenvalue weighted by Gasteiger charge is -2.01. The topological polar surface area (TPSA) is 65.5 Å². The minimum atomic E-state index is -0.0493. The zero-order valence-corrected chi connectivity index (χ0v) is 9.16. The zero-order valence-electron chi connectivity index (χ0n) is 9.16. The van der Waals surface area contributed by atoms with Crippen LogP contribution in [0.3, 0.4) is 0 Å². The number of nitrogens with one attached hydrogen (secondary N) is 1. The van der Waals surface area contributed by atoms with E-state index in [9.17, 15) is 5.11 Å². The van der Waals surface area contributed by atoms with Crippen LogP contribution in [0.4, 0.5) is 0 Å². The first-order chi connectivity index (χ1) is 7.80. The average Bonchev–Trinajstić information content (AvgIpc) is 2.67. The van der Waals surface area contributed by atoms with Gasteiger partial charge in [-0.3, -0.25) is 0 Å². The number of fused-ring (bicyclic) bond motifs is 1. The molecule has 0 saturated heterocycles. The van der Waals surface area contributed by atoms with E-state index in [1.54, 1.807) is 7.11 Å². The molecule has 4 nitrogen and oxygen atoms in total.